The molecule has 1 aromatic heterocycles. The number of phenols is 2. The summed E-state index contributed by atoms with van der Waals surface area (Å²) in [7, 11) is 0. The van der Waals surface area contributed by atoms with E-state index in [0.29, 0.717) is 11.5 Å². The molecule has 7 rings (SSSR count). The summed E-state index contributed by atoms with van der Waals surface area (Å²) in [6.07, 6.45) is 1.85. The number of hydrogen-bond donors (Lipinski definition) is 2. The van der Waals surface area contributed by atoms with E-state index in [4.69, 9.17) is 4.98 Å². The normalized spacial score (nSPS) is 12.2. The molecule has 0 fully saturated rings. The molecule has 0 aliphatic heterocycles. The van der Waals surface area contributed by atoms with Crippen LogP contribution in [0.3, 0.4) is 0 Å². The summed E-state index contributed by atoms with van der Waals surface area (Å²) in [6, 6.07) is 51.4. The second-order valence-electron chi connectivity index (χ2n) is 25.1. The maximum absolute atomic E-state index is 12.2. The Morgan fingerprint density at radius 3 is 0.930 bits per heavy atom. The van der Waals surface area contributed by atoms with Crippen molar-refractivity contribution in [2.24, 2.45) is 10.8 Å². The second-order valence-corrected chi connectivity index (χ2v) is 25.1. The maximum atomic E-state index is 12.2. The van der Waals surface area contributed by atoms with Gasteiger partial charge in [-0.15, -0.1) is 24.3 Å². The van der Waals surface area contributed by atoms with Crippen LogP contribution in [0.4, 0.5) is 0 Å². The van der Waals surface area contributed by atoms with Crippen LogP contribution in [0.5, 0.6) is 11.5 Å². The average molecular weight is 1030 g/mol. The average Bonchev–Trinajstić information content (AvgIpc) is 3.25. The molecular weight excluding hydrogens is 942 g/mol. The molecule has 0 saturated carbocycles. The number of benzene rings is 6. The van der Waals surface area contributed by atoms with Crippen LogP contribution in [0.15, 0.2) is 152 Å². The summed E-state index contributed by atoms with van der Waals surface area (Å²) in [5.41, 5.74) is 13.0. The van der Waals surface area contributed by atoms with E-state index in [1.807, 2.05) is 84.9 Å². The Morgan fingerprint density at radius 1 is 0.366 bits per heavy atom. The van der Waals surface area contributed by atoms with Gasteiger partial charge >= 0.3 is 0 Å². The van der Waals surface area contributed by atoms with Crippen LogP contribution in [0, 0.1) is 24.7 Å². The predicted molar refractivity (Wildman–Crippen MR) is 303 cm³/mol. The van der Waals surface area contributed by atoms with Crippen molar-refractivity contribution < 1.29 is 36.4 Å². The summed E-state index contributed by atoms with van der Waals surface area (Å²) < 4.78 is 0. The number of phenolic OH excluding ortho intramolecular Hbond substituents is 2. The minimum Gasteiger partial charge on any atom is -0.507 e. The minimum atomic E-state index is -0.257. The first-order valence-electron chi connectivity index (χ1n) is 25.0. The monoisotopic (exact) mass is 1020 g/mol. The molecule has 0 aliphatic carbocycles. The van der Waals surface area contributed by atoms with Gasteiger partial charge in [0.2, 0.25) is 0 Å². The minimum absolute atomic E-state index is 0. The van der Waals surface area contributed by atoms with Gasteiger partial charge in [-0.05, 0) is 91.9 Å². The zero-order valence-electron chi connectivity index (χ0n) is 46.1. The number of hydrogen-bond acceptors (Lipinski definition) is 3. The van der Waals surface area contributed by atoms with Gasteiger partial charge in [0, 0.05) is 59.6 Å². The first kappa shape index (κ1) is 58.3. The SMILES string of the molecule is CC(C)(C)CC(C)(C)c1cc(C(C)(C)C)cc(-c2ccccc2-c2cccc(-c3ccccc3-c3cc(C(C)(C)C)cc(C(C)(C)CC(C)(C)C)c3O)n2)c1O.[CH2-]c1ccccc1.[CH2-]c1ccccc1.[Zr]. The fourth-order valence-corrected chi connectivity index (χ4v) is 9.99. The van der Waals surface area contributed by atoms with Crippen molar-refractivity contribution in [3.63, 3.8) is 0 Å². The van der Waals surface area contributed by atoms with E-state index in [-0.39, 0.29) is 58.7 Å². The maximum Gasteiger partial charge on any atom is 0.127 e. The Kier molecular flexibility index (Phi) is 18.9. The van der Waals surface area contributed by atoms with E-state index in [1.54, 1.807) is 0 Å². The van der Waals surface area contributed by atoms with E-state index in [9.17, 15) is 10.2 Å². The molecule has 0 amide bonds. The van der Waals surface area contributed by atoms with Crippen molar-refractivity contribution >= 4 is 0 Å². The van der Waals surface area contributed by atoms with Gasteiger partial charge in [0.05, 0.1) is 11.4 Å². The zero-order valence-corrected chi connectivity index (χ0v) is 48.6. The molecule has 0 atom stereocenters. The molecule has 0 unspecified atom stereocenters. The largest absolute Gasteiger partial charge is 0.507 e. The van der Waals surface area contributed by atoms with Crippen molar-refractivity contribution in [2.45, 2.75) is 145 Å². The molecule has 0 saturated heterocycles. The van der Waals surface area contributed by atoms with Gasteiger partial charge in [0.1, 0.15) is 11.5 Å². The number of aromatic hydroxyl groups is 2. The van der Waals surface area contributed by atoms with E-state index in [1.165, 1.54) is 11.1 Å². The molecule has 3 nitrogen and oxygen atoms in total. The van der Waals surface area contributed by atoms with Gasteiger partial charge in [-0.1, -0.05) is 190 Å². The van der Waals surface area contributed by atoms with Crippen molar-refractivity contribution in [2.75, 3.05) is 0 Å². The topological polar surface area (TPSA) is 53.4 Å². The third-order valence-electron chi connectivity index (χ3n) is 12.8. The van der Waals surface area contributed by atoms with Crippen LogP contribution in [0.1, 0.15) is 157 Å². The Labute approximate surface area is 449 Å². The Balaban J connectivity index is 0.000000624. The van der Waals surface area contributed by atoms with Crippen LogP contribution < -0.4 is 0 Å². The third kappa shape index (κ3) is 15.8. The molecule has 4 heteroatoms. The summed E-state index contributed by atoms with van der Waals surface area (Å²) in [4.78, 5) is 5.36. The molecule has 7 aromatic rings. The standard InChI is InChI=1S/C53H69NO2.2C7H7.Zr/c1-48(2,3)32-52(13,14)42-30-34(50(7,8)9)28-40(46(42)55)36-22-17-19-24-38(36)44-26-21-27-45(54-44)39-25-20-18-23-37(39)41-29-35(51(10,11)12)31-43(47(41)56)53(15,16)33-49(4,5)6;2*1-7-5-3-2-4-6-7;/h17-31,55-56H,32-33H2,1-16H3;2*2-6H,1H2;/q;2*-1;. The van der Waals surface area contributed by atoms with Crippen molar-refractivity contribution in [3.8, 4) is 56.3 Å². The van der Waals surface area contributed by atoms with Gasteiger partial charge in [-0.2, -0.15) is 49.2 Å². The fraction of sp³-hybridized carbons (Fsp3) is 0.358. The molecule has 0 bridgehead atoms. The van der Waals surface area contributed by atoms with Crippen molar-refractivity contribution in [1.29, 1.82) is 0 Å². The summed E-state index contributed by atoms with van der Waals surface area (Å²) in [5.74, 6) is 0.668. The van der Waals surface area contributed by atoms with Gasteiger partial charge < -0.3 is 10.2 Å². The van der Waals surface area contributed by atoms with Crippen LogP contribution in [0.2, 0.25) is 0 Å². The molecule has 0 radical (unpaired) electrons. The van der Waals surface area contributed by atoms with Gasteiger partial charge in [0.15, 0.2) is 0 Å². The Morgan fingerprint density at radius 2 is 0.662 bits per heavy atom. The summed E-state index contributed by atoms with van der Waals surface area (Å²) in [5, 5.41) is 24.5. The second kappa shape index (κ2) is 23.1. The number of rotatable bonds is 8. The molecule has 2 N–H and O–H groups in total. The molecule has 1 heterocycles. The molecule has 0 aliphatic rings. The number of aromatic nitrogens is 1. The van der Waals surface area contributed by atoms with Gasteiger partial charge in [-0.3, -0.25) is 0 Å². The van der Waals surface area contributed by atoms with Gasteiger partial charge in [0.25, 0.3) is 0 Å². The summed E-state index contributed by atoms with van der Waals surface area (Å²) in [6.45, 7) is 43.5. The zero-order chi connectivity index (χ0) is 52.0. The molecule has 6 aromatic carbocycles. The fourth-order valence-electron chi connectivity index (χ4n) is 9.99. The smallest absolute Gasteiger partial charge is 0.127 e. The van der Waals surface area contributed by atoms with Crippen LogP contribution in [0.25, 0.3) is 44.8 Å². The van der Waals surface area contributed by atoms with E-state index < -0.39 is 0 Å². The van der Waals surface area contributed by atoms with E-state index >= 15 is 0 Å². The Bertz CT molecular complexity index is 2640. The van der Waals surface area contributed by atoms with E-state index in [2.05, 4.69) is 191 Å². The van der Waals surface area contributed by atoms with E-state index in [0.717, 1.165) is 79.9 Å². The van der Waals surface area contributed by atoms with Crippen LogP contribution in [-0.2, 0) is 47.9 Å². The molecule has 0 spiro atoms. The van der Waals surface area contributed by atoms with Gasteiger partial charge in [-0.25, -0.2) is 4.98 Å². The van der Waals surface area contributed by atoms with Crippen LogP contribution >= 0.6 is 0 Å². The Hall–Kier alpha value is -5.31. The first-order chi connectivity index (χ1) is 32.4. The molecular formula is C67H83NO2Zr-2. The third-order valence-corrected chi connectivity index (χ3v) is 12.8. The number of pyridine rings is 1. The molecule has 71 heavy (non-hydrogen) atoms. The van der Waals surface area contributed by atoms with Crippen molar-refractivity contribution in [1.82, 2.24) is 4.98 Å². The quantitative estimate of drug-likeness (QED) is 0.149. The molecule has 374 valence electrons. The first-order valence-corrected chi connectivity index (χ1v) is 25.0. The number of nitrogens with zero attached hydrogens (tertiary/aromatic N) is 1. The predicted octanol–water partition coefficient (Wildman–Crippen LogP) is 18.9. The van der Waals surface area contributed by atoms with Crippen molar-refractivity contribution in [3.05, 3.63) is 199 Å². The van der Waals surface area contributed by atoms with Crippen LogP contribution in [-0.4, -0.2) is 15.2 Å². The summed E-state index contributed by atoms with van der Waals surface area (Å²) >= 11 is 0.